The third-order valence-corrected chi connectivity index (χ3v) is 8.72. The van der Waals surface area contributed by atoms with Gasteiger partial charge in [-0.1, -0.05) is 146 Å². The summed E-state index contributed by atoms with van der Waals surface area (Å²) in [5.41, 5.74) is 9.12. The lowest BCUT2D eigenvalue weighted by molar-refractivity contribution is 0.670. The molecule has 0 spiro atoms. The van der Waals surface area contributed by atoms with E-state index < -0.39 is 0 Å². The van der Waals surface area contributed by atoms with Crippen molar-refractivity contribution in [1.82, 2.24) is 15.0 Å². The summed E-state index contributed by atoms with van der Waals surface area (Å²) in [5.74, 6) is 1.94. The molecule has 0 aliphatic heterocycles. The van der Waals surface area contributed by atoms with Gasteiger partial charge < -0.3 is 4.42 Å². The van der Waals surface area contributed by atoms with Crippen molar-refractivity contribution in [2.24, 2.45) is 0 Å². The van der Waals surface area contributed by atoms with E-state index in [1.165, 1.54) is 10.8 Å². The molecule has 2 aromatic heterocycles. The van der Waals surface area contributed by atoms with Crippen LogP contribution in [0.15, 0.2) is 168 Å². The Morgan fingerprint density at radius 3 is 1.45 bits per heavy atom. The minimum Gasteiger partial charge on any atom is -0.455 e. The van der Waals surface area contributed by atoms with Gasteiger partial charge in [0.2, 0.25) is 0 Å². The molecule has 0 amide bonds. The summed E-state index contributed by atoms with van der Waals surface area (Å²) in [5, 5.41) is 4.59. The van der Waals surface area contributed by atoms with Gasteiger partial charge in [-0.25, -0.2) is 15.0 Å². The molecule has 0 saturated carbocycles. The SMILES string of the molecule is c1ccc(-c2nc(-c3ccccc3)nc(-c3ccc(-c4ccc5oc6c(-c7ccccc7)c7ccccc7cc6c5c4)cc3)n2)cc1. The normalized spacial score (nSPS) is 11.4. The molecule has 2 heterocycles. The third kappa shape index (κ3) is 4.84. The van der Waals surface area contributed by atoms with E-state index in [9.17, 15) is 0 Å². The Morgan fingerprint density at radius 1 is 0.340 bits per heavy atom. The molecular formula is C43H27N3O. The van der Waals surface area contributed by atoms with Crippen LogP contribution in [0.25, 0.3) is 89.1 Å². The maximum Gasteiger partial charge on any atom is 0.164 e. The van der Waals surface area contributed by atoms with Crippen molar-refractivity contribution in [2.45, 2.75) is 0 Å². The number of hydrogen-bond acceptors (Lipinski definition) is 4. The molecule has 7 aromatic carbocycles. The summed E-state index contributed by atoms with van der Waals surface area (Å²) in [4.78, 5) is 14.6. The Hall–Kier alpha value is -6.39. The molecule has 0 unspecified atom stereocenters. The predicted molar refractivity (Wildman–Crippen MR) is 192 cm³/mol. The van der Waals surface area contributed by atoms with E-state index in [2.05, 4.69) is 97.1 Å². The lowest BCUT2D eigenvalue weighted by Crippen LogP contribution is -2.00. The maximum absolute atomic E-state index is 6.59. The van der Waals surface area contributed by atoms with Crippen LogP contribution < -0.4 is 0 Å². The van der Waals surface area contributed by atoms with Gasteiger partial charge in [-0.05, 0) is 45.7 Å². The number of aromatic nitrogens is 3. The molecule has 0 bridgehead atoms. The summed E-state index contributed by atoms with van der Waals surface area (Å²) < 4.78 is 6.59. The van der Waals surface area contributed by atoms with Crippen LogP contribution in [0.4, 0.5) is 0 Å². The maximum atomic E-state index is 6.59. The van der Waals surface area contributed by atoms with E-state index >= 15 is 0 Å². The van der Waals surface area contributed by atoms with Gasteiger partial charge in [-0.2, -0.15) is 0 Å². The van der Waals surface area contributed by atoms with Gasteiger partial charge in [-0.3, -0.25) is 0 Å². The monoisotopic (exact) mass is 601 g/mol. The van der Waals surface area contributed by atoms with Crippen molar-refractivity contribution < 1.29 is 4.42 Å². The van der Waals surface area contributed by atoms with Gasteiger partial charge in [0, 0.05) is 33.0 Å². The highest BCUT2D eigenvalue weighted by molar-refractivity contribution is 6.18. The first-order valence-electron chi connectivity index (χ1n) is 15.7. The molecule has 0 atom stereocenters. The first kappa shape index (κ1) is 27.0. The molecule has 0 saturated heterocycles. The van der Waals surface area contributed by atoms with Crippen LogP contribution in [-0.4, -0.2) is 15.0 Å². The van der Waals surface area contributed by atoms with Crippen LogP contribution in [0.2, 0.25) is 0 Å². The minimum atomic E-state index is 0.640. The van der Waals surface area contributed by atoms with E-state index in [4.69, 9.17) is 19.4 Å². The Balaban J connectivity index is 1.14. The number of nitrogens with zero attached hydrogens (tertiary/aromatic N) is 3. The second-order valence-corrected chi connectivity index (χ2v) is 11.6. The second kappa shape index (κ2) is 11.2. The zero-order chi connectivity index (χ0) is 31.2. The molecule has 9 rings (SSSR count). The highest BCUT2D eigenvalue weighted by Crippen LogP contribution is 2.42. The standard InChI is InChI=1S/C43H27N3O/c1-4-12-29(13-5-1)39-35-19-11-10-18-34(35)27-37-36-26-33(24-25-38(36)47-40(37)39)28-20-22-32(23-21-28)43-45-41(30-14-6-2-7-15-30)44-42(46-43)31-16-8-3-9-17-31/h1-27H. The molecule has 0 N–H and O–H groups in total. The van der Waals surface area contributed by atoms with Crippen molar-refractivity contribution in [3.63, 3.8) is 0 Å². The fraction of sp³-hybridized carbons (Fsp3) is 0. The van der Waals surface area contributed by atoms with Crippen molar-refractivity contribution in [1.29, 1.82) is 0 Å². The van der Waals surface area contributed by atoms with E-state index in [-0.39, 0.29) is 0 Å². The van der Waals surface area contributed by atoms with E-state index in [0.717, 1.165) is 60.9 Å². The average Bonchev–Trinajstić information content (AvgIpc) is 3.52. The van der Waals surface area contributed by atoms with Gasteiger partial charge in [-0.15, -0.1) is 0 Å². The van der Waals surface area contributed by atoms with Crippen LogP contribution in [0.1, 0.15) is 0 Å². The largest absolute Gasteiger partial charge is 0.455 e. The molecule has 4 heteroatoms. The van der Waals surface area contributed by atoms with Gasteiger partial charge in [0.15, 0.2) is 17.5 Å². The molecule has 0 aliphatic rings. The van der Waals surface area contributed by atoms with E-state index in [0.29, 0.717) is 17.5 Å². The Labute approximate surface area is 271 Å². The smallest absolute Gasteiger partial charge is 0.164 e. The van der Waals surface area contributed by atoms with Crippen LogP contribution >= 0.6 is 0 Å². The molecule has 0 aliphatic carbocycles. The number of rotatable bonds is 5. The van der Waals surface area contributed by atoms with Crippen molar-refractivity contribution in [2.75, 3.05) is 0 Å². The highest BCUT2D eigenvalue weighted by Gasteiger charge is 2.17. The second-order valence-electron chi connectivity index (χ2n) is 11.6. The molecule has 4 nitrogen and oxygen atoms in total. The lowest BCUT2D eigenvalue weighted by atomic mass is 9.94. The number of fused-ring (bicyclic) bond motifs is 4. The Kier molecular flexibility index (Phi) is 6.43. The zero-order valence-electron chi connectivity index (χ0n) is 25.3. The zero-order valence-corrected chi connectivity index (χ0v) is 25.3. The van der Waals surface area contributed by atoms with Crippen LogP contribution in [0.3, 0.4) is 0 Å². The summed E-state index contributed by atoms with van der Waals surface area (Å²) in [6.07, 6.45) is 0. The number of benzene rings is 7. The average molecular weight is 602 g/mol. The number of furan rings is 1. The topological polar surface area (TPSA) is 51.8 Å². The highest BCUT2D eigenvalue weighted by atomic mass is 16.3. The molecule has 47 heavy (non-hydrogen) atoms. The van der Waals surface area contributed by atoms with Crippen molar-refractivity contribution in [3.8, 4) is 56.4 Å². The Morgan fingerprint density at radius 2 is 0.830 bits per heavy atom. The lowest BCUT2D eigenvalue weighted by Gasteiger charge is -2.09. The molecule has 0 radical (unpaired) electrons. The first-order valence-corrected chi connectivity index (χ1v) is 15.7. The molecule has 220 valence electrons. The van der Waals surface area contributed by atoms with Gasteiger partial charge in [0.25, 0.3) is 0 Å². The van der Waals surface area contributed by atoms with Gasteiger partial charge in [0.05, 0.1) is 0 Å². The summed E-state index contributed by atoms with van der Waals surface area (Å²) in [6.45, 7) is 0. The Bertz CT molecular complexity index is 2480. The van der Waals surface area contributed by atoms with E-state index in [1.807, 2.05) is 66.7 Å². The van der Waals surface area contributed by atoms with Crippen molar-refractivity contribution >= 4 is 32.7 Å². The summed E-state index contributed by atoms with van der Waals surface area (Å²) in [7, 11) is 0. The van der Waals surface area contributed by atoms with Crippen LogP contribution in [0.5, 0.6) is 0 Å². The quantitative estimate of drug-likeness (QED) is 0.197. The third-order valence-electron chi connectivity index (χ3n) is 8.72. The fourth-order valence-corrected chi connectivity index (χ4v) is 6.39. The van der Waals surface area contributed by atoms with Crippen LogP contribution in [0, 0.1) is 0 Å². The fourth-order valence-electron chi connectivity index (χ4n) is 6.39. The molecular weight excluding hydrogens is 574 g/mol. The molecule has 9 aromatic rings. The number of hydrogen-bond donors (Lipinski definition) is 0. The van der Waals surface area contributed by atoms with Gasteiger partial charge in [0.1, 0.15) is 11.2 Å². The summed E-state index contributed by atoms with van der Waals surface area (Å²) >= 11 is 0. The van der Waals surface area contributed by atoms with Crippen molar-refractivity contribution in [3.05, 3.63) is 164 Å². The van der Waals surface area contributed by atoms with E-state index in [1.54, 1.807) is 0 Å². The predicted octanol–water partition coefficient (Wildman–Crippen LogP) is 11.3. The first-order chi connectivity index (χ1) is 23.3. The molecule has 0 fully saturated rings. The minimum absolute atomic E-state index is 0.640. The van der Waals surface area contributed by atoms with Crippen LogP contribution in [-0.2, 0) is 0 Å². The summed E-state index contributed by atoms with van der Waals surface area (Å²) in [6, 6.07) is 56.3. The van der Waals surface area contributed by atoms with Gasteiger partial charge >= 0.3 is 0 Å².